The minimum atomic E-state index is -0.325. The predicted molar refractivity (Wildman–Crippen MR) is 71.5 cm³/mol. The summed E-state index contributed by atoms with van der Waals surface area (Å²) in [5, 5.41) is 12.2. The number of carbonyl (C=O) groups is 1. The quantitative estimate of drug-likeness (QED) is 0.565. The summed E-state index contributed by atoms with van der Waals surface area (Å²) in [6.45, 7) is 0.460. The van der Waals surface area contributed by atoms with Gasteiger partial charge in [0.2, 0.25) is 0 Å². The molecule has 0 radical (unpaired) electrons. The number of phenolic OH excluding ortho intramolecular Hbond substituents is 1. The maximum atomic E-state index is 11.7. The van der Waals surface area contributed by atoms with Crippen LogP contribution >= 0.6 is 23.8 Å². The Morgan fingerprint density at radius 2 is 2.24 bits per heavy atom. The van der Waals surface area contributed by atoms with Crippen LogP contribution in [-0.4, -0.2) is 22.5 Å². The number of nitrogens with two attached hydrogens (primary N) is 1. The van der Waals surface area contributed by atoms with Crippen LogP contribution in [-0.2, 0) is 0 Å². The van der Waals surface area contributed by atoms with E-state index >= 15 is 0 Å². The number of carbonyl (C=O) groups excluding carboxylic acids is 1. The summed E-state index contributed by atoms with van der Waals surface area (Å²) in [6.07, 6.45) is 1.26. The van der Waals surface area contributed by atoms with Crippen LogP contribution < -0.4 is 11.1 Å². The van der Waals surface area contributed by atoms with E-state index in [1.165, 1.54) is 18.2 Å². The third-order valence-corrected chi connectivity index (χ3v) is 2.61. The fraction of sp³-hybridized carbons (Fsp3) is 0.273. The lowest BCUT2D eigenvalue weighted by molar-refractivity contribution is 0.0953. The lowest BCUT2D eigenvalue weighted by Crippen LogP contribution is -2.25. The summed E-state index contributed by atoms with van der Waals surface area (Å²) in [5.74, 6) is -0.323. The zero-order chi connectivity index (χ0) is 12.8. The Morgan fingerprint density at radius 3 is 2.88 bits per heavy atom. The molecule has 0 bridgehead atoms. The average molecular weight is 273 g/mol. The van der Waals surface area contributed by atoms with Crippen molar-refractivity contribution >= 4 is 34.7 Å². The molecule has 92 valence electrons. The third-order valence-electron chi connectivity index (χ3n) is 2.08. The molecule has 6 heteroatoms. The van der Waals surface area contributed by atoms with Gasteiger partial charge in [0.25, 0.3) is 5.91 Å². The van der Waals surface area contributed by atoms with E-state index in [4.69, 9.17) is 29.6 Å². The van der Waals surface area contributed by atoms with Crippen LogP contribution in [0.5, 0.6) is 5.75 Å². The lowest BCUT2D eigenvalue weighted by Gasteiger charge is -2.06. The summed E-state index contributed by atoms with van der Waals surface area (Å²) in [5.41, 5.74) is 5.58. The molecule has 0 atom stereocenters. The topological polar surface area (TPSA) is 75.3 Å². The molecule has 0 saturated carbocycles. The van der Waals surface area contributed by atoms with Gasteiger partial charge in [-0.2, -0.15) is 0 Å². The molecule has 4 nitrogen and oxygen atoms in total. The molecule has 0 fully saturated rings. The fourth-order valence-corrected chi connectivity index (χ4v) is 1.59. The second-order valence-electron chi connectivity index (χ2n) is 3.49. The van der Waals surface area contributed by atoms with E-state index < -0.39 is 0 Å². The molecule has 4 N–H and O–H groups in total. The average Bonchev–Trinajstić information content (AvgIpc) is 2.27. The van der Waals surface area contributed by atoms with Crippen molar-refractivity contribution in [3.63, 3.8) is 0 Å². The molecule has 0 unspecified atom stereocenters. The summed E-state index contributed by atoms with van der Waals surface area (Å²) in [4.78, 5) is 12.1. The fourth-order valence-electron chi connectivity index (χ4n) is 1.25. The number of hydrogen-bond donors (Lipinski definition) is 3. The smallest absolute Gasteiger partial charge is 0.252 e. The van der Waals surface area contributed by atoms with E-state index in [2.05, 4.69) is 5.32 Å². The number of rotatable bonds is 5. The SMILES string of the molecule is NC(=S)CCCNC(=O)c1cc(O)ccc1Cl. The van der Waals surface area contributed by atoms with Crippen molar-refractivity contribution in [1.29, 1.82) is 0 Å². The Kier molecular flexibility index (Phi) is 5.18. The van der Waals surface area contributed by atoms with Crippen molar-refractivity contribution in [2.75, 3.05) is 6.54 Å². The van der Waals surface area contributed by atoms with Gasteiger partial charge < -0.3 is 16.2 Å². The number of thiocarbonyl (C=S) groups is 1. The standard InChI is InChI=1S/C11H13ClN2O2S/c12-9-4-3-7(15)6-8(9)11(16)14-5-1-2-10(13)17/h3-4,6,15H,1-2,5H2,(H2,13,17)(H,14,16). The molecule has 1 aromatic rings. The molecule has 0 aromatic heterocycles. The number of benzene rings is 1. The van der Waals surface area contributed by atoms with Crippen molar-refractivity contribution in [2.45, 2.75) is 12.8 Å². The first-order valence-electron chi connectivity index (χ1n) is 5.05. The van der Waals surface area contributed by atoms with Gasteiger partial charge in [0.1, 0.15) is 5.75 Å². The number of hydrogen-bond acceptors (Lipinski definition) is 3. The van der Waals surface area contributed by atoms with Crippen molar-refractivity contribution in [2.24, 2.45) is 5.73 Å². The number of amides is 1. The molecular formula is C11H13ClN2O2S. The van der Waals surface area contributed by atoms with Gasteiger partial charge in [0.05, 0.1) is 15.6 Å². The van der Waals surface area contributed by atoms with Crippen LogP contribution in [0, 0.1) is 0 Å². The number of nitrogens with one attached hydrogen (secondary N) is 1. The molecule has 1 rings (SSSR count). The normalized spacial score (nSPS) is 9.94. The second-order valence-corrected chi connectivity index (χ2v) is 4.42. The van der Waals surface area contributed by atoms with Crippen molar-refractivity contribution < 1.29 is 9.90 Å². The Hall–Kier alpha value is -1.33. The molecule has 0 saturated heterocycles. The summed E-state index contributed by atoms with van der Waals surface area (Å²) >= 11 is 10.6. The highest BCUT2D eigenvalue weighted by Crippen LogP contribution is 2.20. The maximum Gasteiger partial charge on any atom is 0.252 e. The van der Waals surface area contributed by atoms with Crippen LogP contribution in [0.15, 0.2) is 18.2 Å². The molecule has 1 aromatic carbocycles. The Labute approximate surface area is 110 Å². The van der Waals surface area contributed by atoms with Crippen LogP contribution in [0.2, 0.25) is 5.02 Å². The molecule has 1 amide bonds. The van der Waals surface area contributed by atoms with E-state index in [1.807, 2.05) is 0 Å². The first-order chi connectivity index (χ1) is 8.00. The van der Waals surface area contributed by atoms with Crippen LogP contribution in [0.4, 0.5) is 0 Å². The van der Waals surface area contributed by atoms with E-state index in [-0.39, 0.29) is 17.2 Å². The highest BCUT2D eigenvalue weighted by atomic mass is 35.5. The number of phenols is 1. The van der Waals surface area contributed by atoms with Crippen LogP contribution in [0.1, 0.15) is 23.2 Å². The first kappa shape index (κ1) is 13.7. The first-order valence-corrected chi connectivity index (χ1v) is 5.84. The highest BCUT2D eigenvalue weighted by Gasteiger charge is 2.10. The van der Waals surface area contributed by atoms with Gasteiger partial charge in [0, 0.05) is 6.54 Å². The van der Waals surface area contributed by atoms with Gasteiger partial charge in [-0.1, -0.05) is 23.8 Å². The lowest BCUT2D eigenvalue weighted by atomic mass is 10.2. The van der Waals surface area contributed by atoms with Crippen LogP contribution in [0.25, 0.3) is 0 Å². The predicted octanol–water partition coefficient (Wildman–Crippen LogP) is 1.84. The highest BCUT2D eigenvalue weighted by molar-refractivity contribution is 7.80. The van der Waals surface area contributed by atoms with Crippen molar-refractivity contribution in [3.8, 4) is 5.75 Å². The molecule has 0 aliphatic heterocycles. The van der Waals surface area contributed by atoms with Gasteiger partial charge in [-0.3, -0.25) is 4.79 Å². The van der Waals surface area contributed by atoms with Crippen LogP contribution in [0.3, 0.4) is 0 Å². The Bertz CT molecular complexity index is 437. The maximum absolute atomic E-state index is 11.7. The van der Waals surface area contributed by atoms with Crippen molar-refractivity contribution in [1.82, 2.24) is 5.32 Å². The minimum absolute atomic E-state index is 0.00249. The number of halogens is 1. The Morgan fingerprint density at radius 1 is 1.53 bits per heavy atom. The monoisotopic (exact) mass is 272 g/mol. The Balaban J connectivity index is 2.52. The molecule has 17 heavy (non-hydrogen) atoms. The molecular weight excluding hydrogens is 260 g/mol. The van der Waals surface area contributed by atoms with E-state index in [1.54, 1.807) is 0 Å². The molecule has 0 spiro atoms. The summed E-state index contributed by atoms with van der Waals surface area (Å²) < 4.78 is 0. The number of aromatic hydroxyl groups is 1. The second kappa shape index (κ2) is 6.42. The van der Waals surface area contributed by atoms with E-state index in [0.29, 0.717) is 29.4 Å². The summed E-state index contributed by atoms with van der Waals surface area (Å²) in [6, 6.07) is 4.22. The van der Waals surface area contributed by atoms with Gasteiger partial charge in [-0.05, 0) is 31.0 Å². The molecule has 0 aliphatic carbocycles. The van der Waals surface area contributed by atoms with Gasteiger partial charge in [-0.25, -0.2) is 0 Å². The van der Waals surface area contributed by atoms with Gasteiger partial charge >= 0.3 is 0 Å². The minimum Gasteiger partial charge on any atom is -0.508 e. The van der Waals surface area contributed by atoms with Gasteiger partial charge in [0.15, 0.2) is 0 Å². The molecule has 0 aliphatic rings. The summed E-state index contributed by atoms with van der Waals surface area (Å²) in [7, 11) is 0. The van der Waals surface area contributed by atoms with Crippen molar-refractivity contribution in [3.05, 3.63) is 28.8 Å². The van der Waals surface area contributed by atoms with E-state index in [0.717, 1.165) is 0 Å². The third kappa shape index (κ3) is 4.58. The molecule has 0 heterocycles. The zero-order valence-corrected chi connectivity index (χ0v) is 10.6. The zero-order valence-electron chi connectivity index (χ0n) is 9.07. The van der Waals surface area contributed by atoms with Gasteiger partial charge in [-0.15, -0.1) is 0 Å². The van der Waals surface area contributed by atoms with E-state index in [9.17, 15) is 9.90 Å². The largest absolute Gasteiger partial charge is 0.508 e.